The zero-order valence-electron chi connectivity index (χ0n) is 15.7. The largest absolute Gasteiger partial charge is 0.493 e. The first-order valence-corrected chi connectivity index (χ1v) is 8.52. The topological polar surface area (TPSA) is 66.3 Å². The predicted molar refractivity (Wildman–Crippen MR) is 102 cm³/mol. The van der Waals surface area contributed by atoms with Crippen molar-refractivity contribution in [3.63, 3.8) is 0 Å². The molecule has 6 heteroatoms. The van der Waals surface area contributed by atoms with Crippen molar-refractivity contribution in [3.05, 3.63) is 59.3 Å². The number of nitrogens with zero attached hydrogens (tertiary/aromatic N) is 1. The van der Waals surface area contributed by atoms with Gasteiger partial charge in [0.05, 0.1) is 20.3 Å². The first-order valence-electron chi connectivity index (χ1n) is 8.52. The molecule has 0 aliphatic carbocycles. The quantitative estimate of drug-likeness (QED) is 0.573. The number of esters is 1. The fourth-order valence-corrected chi connectivity index (χ4v) is 2.58. The molecule has 1 aliphatic rings. The standard InChI is InChI=1S/C21H21NO5/c1-13(2)26-16-8-6-15(7-9-16)20-22-17(21(23)27-20)11-14-5-10-18(24-3)19(12-14)25-4/h5-13H,1-4H3/b17-11+. The second kappa shape index (κ2) is 7.95. The van der Waals surface area contributed by atoms with E-state index in [-0.39, 0.29) is 17.7 Å². The Hall–Kier alpha value is -3.28. The predicted octanol–water partition coefficient (Wildman–Crippen LogP) is 3.84. The van der Waals surface area contributed by atoms with Crippen LogP contribution >= 0.6 is 0 Å². The Bertz CT molecular complexity index is 897. The molecule has 0 aromatic heterocycles. The maximum absolute atomic E-state index is 12.2. The van der Waals surface area contributed by atoms with Crippen molar-refractivity contribution in [2.24, 2.45) is 4.99 Å². The molecule has 3 rings (SSSR count). The lowest BCUT2D eigenvalue weighted by atomic mass is 10.1. The summed E-state index contributed by atoms with van der Waals surface area (Å²) in [6, 6.07) is 12.6. The third-order valence-electron chi connectivity index (χ3n) is 3.80. The molecular formula is C21H21NO5. The van der Waals surface area contributed by atoms with Gasteiger partial charge in [-0.2, -0.15) is 0 Å². The summed E-state index contributed by atoms with van der Waals surface area (Å²) in [5, 5.41) is 0. The Kier molecular flexibility index (Phi) is 5.45. The molecule has 0 fully saturated rings. The van der Waals surface area contributed by atoms with Crippen LogP contribution in [0.15, 0.2) is 53.2 Å². The van der Waals surface area contributed by atoms with Crippen LogP contribution in [0, 0.1) is 0 Å². The number of hydrogen-bond acceptors (Lipinski definition) is 6. The van der Waals surface area contributed by atoms with Gasteiger partial charge in [0.2, 0.25) is 5.90 Å². The van der Waals surface area contributed by atoms with Crippen LogP contribution in [0.25, 0.3) is 6.08 Å². The van der Waals surface area contributed by atoms with E-state index in [4.69, 9.17) is 18.9 Å². The van der Waals surface area contributed by atoms with Gasteiger partial charge in [0.1, 0.15) is 5.75 Å². The number of ether oxygens (including phenoxy) is 4. The van der Waals surface area contributed by atoms with E-state index in [0.717, 1.165) is 11.3 Å². The molecule has 0 N–H and O–H groups in total. The van der Waals surface area contributed by atoms with Crippen molar-refractivity contribution in [1.29, 1.82) is 0 Å². The molecule has 1 aliphatic heterocycles. The highest BCUT2D eigenvalue weighted by molar-refractivity contribution is 6.12. The van der Waals surface area contributed by atoms with E-state index in [1.807, 2.05) is 44.2 Å². The van der Waals surface area contributed by atoms with Crippen LogP contribution < -0.4 is 14.2 Å². The molecule has 2 aromatic rings. The molecular weight excluding hydrogens is 346 g/mol. The minimum atomic E-state index is -0.498. The number of aliphatic imine (C=N–C) groups is 1. The molecule has 0 radical (unpaired) electrons. The Morgan fingerprint density at radius 2 is 1.70 bits per heavy atom. The Balaban J connectivity index is 1.84. The molecule has 1 heterocycles. The van der Waals surface area contributed by atoms with Crippen molar-refractivity contribution in [3.8, 4) is 17.2 Å². The smallest absolute Gasteiger partial charge is 0.363 e. The highest BCUT2D eigenvalue weighted by Crippen LogP contribution is 2.29. The summed E-state index contributed by atoms with van der Waals surface area (Å²) < 4.78 is 21.4. The zero-order chi connectivity index (χ0) is 19.4. The third-order valence-corrected chi connectivity index (χ3v) is 3.80. The lowest BCUT2D eigenvalue weighted by Crippen LogP contribution is -2.07. The van der Waals surface area contributed by atoms with Crippen molar-refractivity contribution < 1.29 is 23.7 Å². The van der Waals surface area contributed by atoms with Crippen LogP contribution in [-0.4, -0.2) is 32.2 Å². The van der Waals surface area contributed by atoms with E-state index in [1.165, 1.54) is 0 Å². The molecule has 27 heavy (non-hydrogen) atoms. The van der Waals surface area contributed by atoms with Crippen LogP contribution in [0.3, 0.4) is 0 Å². The van der Waals surface area contributed by atoms with Crippen molar-refractivity contribution in [2.75, 3.05) is 14.2 Å². The number of benzene rings is 2. The van der Waals surface area contributed by atoms with Crippen LogP contribution in [0.4, 0.5) is 0 Å². The summed E-state index contributed by atoms with van der Waals surface area (Å²) >= 11 is 0. The van der Waals surface area contributed by atoms with Gasteiger partial charge in [-0.05, 0) is 61.9 Å². The van der Waals surface area contributed by atoms with Gasteiger partial charge in [0.15, 0.2) is 17.2 Å². The maximum Gasteiger partial charge on any atom is 0.363 e. The van der Waals surface area contributed by atoms with Gasteiger partial charge in [0.25, 0.3) is 0 Å². The van der Waals surface area contributed by atoms with Gasteiger partial charge < -0.3 is 18.9 Å². The van der Waals surface area contributed by atoms with Crippen molar-refractivity contribution in [2.45, 2.75) is 20.0 Å². The van der Waals surface area contributed by atoms with E-state index in [0.29, 0.717) is 17.1 Å². The number of rotatable bonds is 6. The van der Waals surface area contributed by atoms with Gasteiger partial charge in [-0.15, -0.1) is 0 Å². The Morgan fingerprint density at radius 3 is 2.33 bits per heavy atom. The first-order chi connectivity index (χ1) is 13.0. The minimum absolute atomic E-state index is 0.0912. The van der Waals surface area contributed by atoms with Crippen molar-refractivity contribution in [1.82, 2.24) is 0 Å². The second-order valence-electron chi connectivity index (χ2n) is 6.14. The molecule has 0 saturated heterocycles. The first kappa shape index (κ1) is 18.5. The van der Waals surface area contributed by atoms with Crippen LogP contribution in [0.1, 0.15) is 25.0 Å². The molecule has 6 nitrogen and oxygen atoms in total. The average Bonchev–Trinajstić information content (AvgIpc) is 3.02. The van der Waals surface area contributed by atoms with E-state index in [9.17, 15) is 4.79 Å². The summed E-state index contributed by atoms with van der Waals surface area (Å²) in [6.07, 6.45) is 1.74. The average molecular weight is 367 g/mol. The molecule has 0 atom stereocenters. The van der Waals surface area contributed by atoms with E-state index < -0.39 is 5.97 Å². The van der Waals surface area contributed by atoms with Gasteiger partial charge >= 0.3 is 5.97 Å². The molecule has 0 unspecified atom stereocenters. The monoisotopic (exact) mass is 367 g/mol. The summed E-state index contributed by atoms with van der Waals surface area (Å²) in [4.78, 5) is 16.5. The highest BCUT2D eigenvalue weighted by atomic mass is 16.6. The molecule has 0 bridgehead atoms. The lowest BCUT2D eigenvalue weighted by molar-refractivity contribution is -0.129. The highest BCUT2D eigenvalue weighted by Gasteiger charge is 2.24. The summed E-state index contributed by atoms with van der Waals surface area (Å²) in [5.41, 5.74) is 1.68. The molecule has 140 valence electrons. The SMILES string of the molecule is COc1ccc(/C=C2/N=C(c3ccc(OC(C)C)cc3)OC2=O)cc1OC. The van der Waals surface area contributed by atoms with Gasteiger partial charge in [-0.1, -0.05) is 6.07 Å². The van der Waals surface area contributed by atoms with Crippen LogP contribution in [0.2, 0.25) is 0 Å². The van der Waals surface area contributed by atoms with E-state index >= 15 is 0 Å². The number of methoxy groups -OCH3 is 2. The Morgan fingerprint density at radius 1 is 1.00 bits per heavy atom. The van der Waals surface area contributed by atoms with Gasteiger partial charge in [-0.3, -0.25) is 0 Å². The second-order valence-corrected chi connectivity index (χ2v) is 6.14. The van der Waals surface area contributed by atoms with Crippen LogP contribution in [0.5, 0.6) is 17.2 Å². The number of carbonyl (C=O) groups excluding carboxylic acids is 1. The summed E-state index contributed by atoms with van der Waals surface area (Å²) in [7, 11) is 3.12. The Labute approximate surface area is 158 Å². The van der Waals surface area contributed by atoms with Crippen LogP contribution in [-0.2, 0) is 9.53 Å². The summed E-state index contributed by atoms with van der Waals surface area (Å²) in [6.45, 7) is 3.92. The minimum Gasteiger partial charge on any atom is -0.493 e. The molecule has 0 saturated carbocycles. The fourth-order valence-electron chi connectivity index (χ4n) is 2.58. The lowest BCUT2D eigenvalue weighted by Gasteiger charge is -2.09. The molecule has 2 aromatic carbocycles. The van der Waals surface area contributed by atoms with Gasteiger partial charge in [0, 0.05) is 5.56 Å². The van der Waals surface area contributed by atoms with E-state index in [2.05, 4.69) is 4.99 Å². The van der Waals surface area contributed by atoms with Gasteiger partial charge in [-0.25, -0.2) is 9.79 Å². The van der Waals surface area contributed by atoms with E-state index in [1.54, 1.807) is 32.4 Å². The third kappa shape index (κ3) is 4.28. The fraction of sp³-hybridized carbons (Fsp3) is 0.238. The molecule has 0 amide bonds. The summed E-state index contributed by atoms with van der Waals surface area (Å²) in [5.74, 6) is 1.70. The maximum atomic E-state index is 12.2. The van der Waals surface area contributed by atoms with Crippen molar-refractivity contribution >= 4 is 17.9 Å². The number of cyclic esters (lactones) is 1. The number of carbonyl (C=O) groups is 1. The molecule has 0 spiro atoms. The number of hydrogen-bond donors (Lipinski definition) is 0. The zero-order valence-corrected chi connectivity index (χ0v) is 15.7. The normalized spacial score (nSPS) is 14.9.